The summed E-state index contributed by atoms with van der Waals surface area (Å²) < 4.78 is 6.82. The summed E-state index contributed by atoms with van der Waals surface area (Å²) in [5.74, 6) is 0.169. The molecule has 0 saturated carbocycles. The summed E-state index contributed by atoms with van der Waals surface area (Å²) in [5.41, 5.74) is 1.10. The maximum absolute atomic E-state index is 12.0. The van der Waals surface area contributed by atoms with E-state index in [-0.39, 0.29) is 5.91 Å². The first-order valence-electron chi connectivity index (χ1n) is 6.76. The lowest BCUT2D eigenvalue weighted by molar-refractivity contribution is 0.0940. The second-order valence-corrected chi connectivity index (χ2v) is 5.40. The first-order valence-corrected chi connectivity index (χ1v) is 7.14. The summed E-state index contributed by atoms with van der Waals surface area (Å²) in [4.78, 5) is 12.0. The van der Waals surface area contributed by atoms with Crippen LogP contribution in [-0.4, -0.2) is 40.7 Å². The van der Waals surface area contributed by atoms with Crippen molar-refractivity contribution in [3.05, 3.63) is 41.2 Å². The molecule has 1 aromatic carbocycles. The van der Waals surface area contributed by atoms with Crippen molar-refractivity contribution in [1.29, 1.82) is 0 Å². The van der Waals surface area contributed by atoms with Gasteiger partial charge in [-0.3, -0.25) is 4.79 Å². The van der Waals surface area contributed by atoms with E-state index in [1.807, 2.05) is 12.1 Å². The molecule has 3 rings (SSSR count). The molecule has 21 heavy (non-hydrogen) atoms. The molecule has 1 N–H and O–H groups in total. The van der Waals surface area contributed by atoms with Gasteiger partial charge in [0.1, 0.15) is 0 Å². The van der Waals surface area contributed by atoms with Crippen LogP contribution in [0.5, 0.6) is 0 Å². The number of carbonyl (C=O) groups excluding carboxylic acids is 1. The Morgan fingerprint density at radius 1 is 1.43 bits per heavy atom. The molecule has 1 aromatic heterocycles. The van der Waals surface area contributed by atoms with E-state index in [0.29, 0.717) is 29.8 Å². The molecule has 1 atom stereocenters. The highest BCUT2D eigenvalue weighted by Gasteiger charge is 2.18. The zero-order chi connectivity index (χ0) is 14.7. The molecule has 2 aromatic rings. The number of ether oxygens (including phenoxy) is 1. The minimum Gasteiger partial charge on any atom is -0.381 e. The number of carbonyl (C=O) groups is 1. The summed E-state index contributed by atoms with van der Waals surface area (Å²) in [7, 11) is 0. The van der Waals surface area contributed by atoms with Crippen molar-refractivity contribution >= 4 is 17.5 Å². The summed E-state index contributed by atoms with van der Waals surface area (Å²) >= 11 is 5.84. The van der Waals surface area contributed by atoms with Gasteiger partial charge in [-0.15, -0.1) is 5.10 Å². The molecular formula is C14H15ClN4O2. The van der Waals surface area contributed by atoms with Crippen molar-refractivity contribution in [1.82, 2.24) is 20.3 Å². The van der Waals surface area contributed by atoms with Crippen LogP contribution < -0.4 is 5.32 Å². The molecule has 1 fully saturated rings. The first kappa shape index (κ1) is 14.0. The number of benzene rings is 1. The van der Waals surface area contributed by atoms with Gasteiger partial charge in [0.15, 0.2) is 5.69 Å². The summed E-state index contributed by atoms with van der Waals surface area (Å²) in [5, 5.41) is 11.4. The van der Waals surface area contributed by atoms with Crippen molar-refractivity contribution in [2.75, 3.05) is 19.8 Å². The van der Waals surface area contributed by atoms with Gasteiger partial charge in [0, 0.05) is 24.1 Å². The predicted octanol–water partition coefficient (Wildman–Crippen LogP) is 1.69. The molecule has 1 saturated heterocycles. The lowest BCUT2D eigenvalue weighted by atomic mass is 10.1. The van der Waals surface area contributed by atoms with Crippen LogP contribution in [0.25, 0.3) is 5.69 Å². The first-order chi connectivity index (χ1) is 10.2. The van der Waals surface area contributed by atoms with Crippen LogP contribution in [0, 0.1) is 5.92 Å². The van der Waals surface area contributed by atoms with Gasteiger partial charge in [0.2, 0.25) is 0 Å². The van der Waals surface area contributed by atoms with E-state index in [2.05, 4.69) is 15.6 Å². The minimum atomic E-state index is -0.220. The number of aromatic nitrogens is 3. The maximum atomic E-state index is 12.0. The fraction of sp³-hybridized carbons (Fsp3) is 0.357. The van der Waals surface area contributed by atoms with E-state index in [0.717, 1.165) is 18.7 Å². The molecule has 7 heteroatoms. The van der Waals surface area contributed by atoms with Crippen LogP contribution >= 0.6 is 11.6 Å². The number of amides is 1. The summed E-state index contributed by atoms with van der Waals surface area (Å²) in [6.45, 7) is 2.08. The third-order valence-corrected chi connectivity index (χ3v) is 3.64. The van der Waals surface area contributed by atoms with Crippen molar-refractivity contribution in [2.45, 2.75) is 6.42 Å². The zero-order valence-corrected chi connectivity index (χ0v) is 12.1. The molecular weight excluding hydrogens is 292 g/mol. The van der Waals surface area contributed by atoms with Crippen molar-refractivity contribution in [3.63, 3.8) is 0 Å². The Labute approximate surface area is 127 Å². The number of nitrogens with one attached hydrogen (secondary N) is 1. The second-order valence-electron chi connectivity index (χ2n) is 4.96. The van der Waals surface area contributed by atoms with Crippen molar-refractivity contribution < 1.29 is 9.53 Å². The summed E-state index contributed by atoms with van der Waals surface area (Å²) in [6.07, 6.45) is 2.58. The van der Waals surface area contributed by atoms with E-state index >= 15 is 0 Å². The fourth-order valence-electron chi connectivity index (χ4n) is 2.16. The number of nitrogens with zero attached hydrogens (tertiary/aromatic N) is 3. The lowest BCUT2D eigenvalue weighted by Crippen LogP contribution is -2.29. The monoisotopic (exact) mass is 306 g/mol. The van der Waals surface area contributed by atoms with Gasteiger partial charge >= 0.3 is 0 Å². The highest BCUT2D eigenvalue weighted by atomic mass is 35.5. The van der Waals surface area contributed by atoms with Crippen molar-refractivity contribution in [3.8, 4) is 5.69 Å². The lowest BCUT2D eigenvalue weighted by Gasteiger charge is -2.07. The maximum Gasteiger partial charge on any atom is 0.273 e. The predicted molar refractivity (Wildman–Crippen MR) is 77.6 cm³/mol. The van der Waals surface area contributed by atoms with Crippen molar-refractivity contribution in [2.24, 2.45) is 5.92 Å². The smallest absolute Gasteiger partial charge is 0.273 e. The van der Waals surface area contributed by atoms with Gasteiger partial charge in [-0.25, -0.2) is 4.68 Å². The average Bonchev–Trinajstić information content (AvgIpc) is 3.17. The standard InChI is InChI=1S/C14H15ClN4O2/c15-11-1-3-12(4-2-11)19-8-13(17-18-19)14(20)16-7-10-5-6-21-9-10/h1-4,8,10H,5-7,9H2,(H,16,20). The quantitative estimate of drug-likeness (QED) is 0.933. The van der Waals surface area contributed by atoms with E-state index < -0.39 is 0 Å². The largest absolute Gasteiger partial charge is 0.381 e. The SMILES string of the molecule is O=C(NCC1CCOC1)c1cn(-c2ccc(Cl)cc2)nn1. The van der Waals surface area contributed by atoms with E-state index in [1.165, 1.54) is 0 Å². The molecule has 1 unspecified atom stereocenters. The van der Waals surface area contributed by atoms with Gasteiger partial charge in [-0.05, 0) is 30.7 Å². The Bertz CT molecular complexity index is 620. The van der Waals surface area contributed by atoms with Gasteiger partial charge in [-0.1, -0.05) is 16.8 Å². The van der Waals surface area contributed by atoms with Crippen LogP contribution in [0.3, 0.4) is 0 Å². The molecule has 0 spiro atoms. The zero-order valence-electron chi connectivity index (χ0n) is 11.3. The Kier molecular flexibility index (Phi) is 4.17. The third kappa shape index (κ3) is 3.40. The van der Waals surface area contributed by atoms with Gasteiger partial charge < -0.3 is 10.1 Å². The Hall–Kier alpha value is -1.92. The Morgan fingerprint density at radius 3 is 2.95 bits per heavy atom. The molecule has 1 aliphatic rings. The Balaban J connectivity index is 1.63. The minimum absolute atomic E-state index is 0.220. The normalized spacial score (nSPS) is 17.9. The van der Waals surface area contributed by atoms with E-state index in [9.17, 15) is 4.79 Å². The topological polar surface area (TPSA) is 69.0 Å². The average molecular weight is 307 g/mol. The highest BCUT2D eigenvalue weighted by Crippen LogP contribution is 2.13. The number of rotatable bonds is 4. The van der Waals surface area contributed by atoms with E-state index in [1.54, 1.807) is 23.0 Å². The molecule has 0 radical (unpaired) electrons. The molecule has 1 aliphatic heterocycles. The fourth-order valence-corrected chi connectivity index (χ4v) is 2.29. The van der Waals surface area contributed by atoms with Crippen LogP contribution in [0.15, 0.2) is 30.5 Å². The molecule has 110 valence electrons. The van der Waals surface area contributed by atoms with Crippen LogP contribution in [0.4, 0.5) is 0 Å². The second kappa shape index (κ2) is 6.24. The van der Waals surface area contributed by atoms with E-state index in [4.69, 9.17) is 16.3 Å². The van der Waals surface area contributed by atoms with Crippen LogP contribution in [0.2, 0.25) is 5.02 Å². The van der Waals surface area contributed by atoms with Gasteiger partial charge in [0.25, 0.3) is 5.91 Å². The molecule has 6 nitrogen and oxygen atoms in total. The molecule has 1 amide bonds. The molecule has 0 bridgehead atoms. The summed E-state index contributed by atoms with van der Waals surface area (Å²) in [6, 6.07) is 7.15. The van der Waals surface area contributed by atoms with Gasteiger partial charge in [-0.2, -0.15) is 0 Å². The Morgan fingerprint density at radius 2 is 2.24 bits per heavy atom. The van der Waals surface area contributed by atoms with Crippen LogP contribution in [0.1, 0.15) is 16.9 Å². The number of halogens is 1. The van der Waals surface area contributed by atoms with Crippen LogP contribution in [-0.2, 0) is 4.74 Å². The van der Waals surface area contributed by atoms with Gasteiger partial charge in [0.05, 0.1) is 18.5 Å². The number of hydrogen-bond acceptors (Lipinski definition) is 4. The third-order valence-electron chi connectivity index (χ3n) is 3.39. The molecule has 2 heterocycles. The molecule has 0 aliphatic carbocycles. The highest BCUT2D eigenvalue weighted by molar-refractivity contribution is 6.30. The number of hydrogen-bond donors (Lipinski definition) is 1.